The van der Waals surface area contributed by atoms with E-state index in [1.165, 1.54) is 45.6 Å². The van der Waals surface area contributed by atoms with Gasteiger partial charge in [0.25, 0.3) is 0 Å². The van der Waals surface area contributed by atoms with Gasteiger partial charge in [0.05, 0.1) is 12.2 Å². The predicted molar refractivity (Wildman–Crippen MR) is 147 cm³/mol. The van der Waals surface area contributed by atoms with Crippen molar-refractivity contribution in [2.75, 3.05) is 24.2 Å². The Bertz CT molecular complexity index is 1250. The number of ether oxygens (including phenoxy) is 2. The lowest BCUT2D eigenvalue weighted by Gasteiger charge is -2.27. The average molecular weight is 601 g/mol. The number of rotatable bonds is 11. The lowest BCUT2D eigenvalue weighted by Crippen LogP contribution is -2.37. The summed E-state index contributed by atoms with van der Waals surface area (Å²) in [6.45, 7) is 5.13. The van der Waals surface area contributed by atoms with Crippen LogP contribution >= 0.6 is 11.8 Å². The largest absolute Gasteiger partial charge is 0.444 e. The van der Waals surface area contributed by atoms with E-state index in [0.717, 1.165) is 12.1 Å². The highest BCUT2D eigenvalue weighted by molar-refractivity contribution is 8.00. The number of thioether (sulfide) groups is 1. The topological polar surface area (TPSA) is 123 Å². The second kappa shape index (κ2) is 14.2. The zero-order chi connectivity index (χ0) is 30.2. The molecule has 41 heavy (non-hydrogen) atoms. The average Bonchev–Trinajstić information content (AvgIpc) is 3.35. The van der Waals surface area contributed by atoms with E-state index in [-0.39, 0.29) is 37.8 Å². The summed E-state index contributed by atoms with van der Waals surface area (Å²) < 4.78 is 51.7. The molecule has 10 nitrogen and oxygen atoms in total. The fourth-order valence-electron chi connectivity index (χ4n) is 3.98. The molecule has 14 heteroatoms. The smallest absolute Gasteiger partial charge is 0.416 e. The Balaban J connectivity index is 1.49. The molecule has 1 aliphatic rings. The van der Waals surface area contributed by atoms with Crippen LogP contribution in [0, 0.1) is 0 Å². The molecule has 1 aliphatic heterocycles. The monoisotopic (exact) mass is 600 g/mol. The number of hydrogen-bond acceptors (Lipinski definition) is 8. The third-order valence-corrected chi connectivity index (χ3v) is 7.01. The summed E-state index contributed by atoms with van der Waals surface area (Å²) in [5.41, 5.74) is -2.23. The van der Waals surface area contributed by atoms with Gasteiger partial charge in [-0.05, 0) is 57.4 Å². The number of unbranched alkanes of at least 4 members (excludes halogenated alkanes) is 2. The molecule has 0 saturated carbocycles. The predicted octanol–water partition coefficient (Wildman–Crippen LogP) is 4.78. The van der Waals surface area contributed by atoms with Gasteiger partial charge < -0.3 is 24.8 Å². The van der Waals surface area contributed by atoms with Gasteiger partial charge in [-0.25, -0.2) is 9.59 Å². The Morgan fingerprint density at radius 1 is 1.22 bits per heavy atom. The maximum Gasteiger partial charge on any atom is 0.416 e. The Hall–Kier alpha value is -3.10. The Morgan fingerprint density at radius 2 is 1.98 bits per heavy atom. The molecule has 3 rings (SSSR count). The lowest BCUT2D eigenvalue weighted by atomic mass is 10.1. The van der Waals surface area contributed by atoms with Crippen molar-refractivity contribution in [2.24, 2.45) is 0 Å². The Kier molecular flexibility index (Phi) is 11.2. The summed E-state index contributed by atoms with van der Waals surface area (Å²) in [5, 5.41) is 11.8. The van der Waals surface area contributed by atoms with E-state index in [1.807, 2.05) is 0 Å². The maximum absolute atomic E-state index is 13.1. The van der Waals surface area contributed by atoms with Crippen LogP contribution in [-0.4, -0.2) is 61.5 Å². The van der Waals surface area contributed by atoms with E-state index in [2.05, 4.69) is 10.3 Å². The van der Waals surface area contributed by atoms with Crippen molar-refractivity contribution >= 4 is 29.6 Å². The molecule has 2 atom stereocenters. The van der Waals surface area contributed by atoms with Gasteiger partial charge in [-0.3, -0.25) is 9.36 Å². The fourth-order valence-corrected chi connectivity index (χ4v) is 4.92. The third-order valence-electron chi connectivity index (χ3n) is 5.90. The third kappa shape index (κ3) is 10.3. The van der Waals surface area contributed by atoms with E-state index in [4.69, 9.17) is 9.47 Å². The standard InChI is InChI=1S/C27H35F3N4O6S/c1-26(2,3)40-25(38)33(15-18-8-7-9-19(14-18)27(28,29)30)12-6-4-5-10-21(36)31-20-11-13-34(24(37)32-20)22-17-41-23(16-35)39-22/h7-9,11,13-14,22-23,35H,4-6,10,12,15-17H2,1-3H3,(H,31,32,36,37). The first-order chi connectivity index (χ1) is 19.2. The van der Waals surface area contributed by atoms with E-state index < -0.39 is 40.8 Å². The summed E-state index contributed by atoms with van der Waals surface area (Å²) in [4.78, 5) is 42.7. The first-order valence-corrected chi connectivity index (χ1v) is 14.2. The number of carbonyl (C=O) groups excluding carboxylic acids is 2. The first-order valence-electron chi connectivity index (χ1n) is 13.2. The normalized spacial score (nSPS) is 17.3. The summed E-state index contributed by atoms with van der Waals surface area (Å²) in [5.74, 6) is 0.262. The van der Waals surface area contributed by atoms with Crippen molar-refractivity contribution in [1.82, 2.24) is 14.5 Å². The quantitative estimate of drug-likeness (QED) is 0.354. The van der Waals surface area contributed by atoms with Crippen molar-refractivity contribution < 1.29 is 37.3 Å². The molecule has 2 heterocycles. The number of nitrogens with zero attached hydrogens (tertiary/aromatic N) is 3. The lowest BCUT2D eigenvalue weighted by molar-refractivity contribution is -0.137. The van der Waals surface area contributed by atoms with Crippen LogP contribution in [0.2, 0.25) is 0 Å². The molecule has 1 aromatic heterocycles. The van der Waals surface area contributed by atoms with Crippen LogP contribution in [0.3, 0.4) is 0 Å². The second-order valence-corrected chi connectivity index (χ2v) is 11.7. The van der Waals surface area contributed by atoms with Gasteiger partial charge in [0, 0.05) is 31.5 Å². The van der Waals surface area contributed by atoms with E-state index in [0.29, 0.717) is 30.6 Å². The van der Waals surface area contributed by atoms with Gasteiger partial charge in [0.1, 0.15) is 23.1 Å². The first kappa shape index (κ1) is 32.4. The number of nitrogens with one attached hydrogen (secondary N) is 1. The Morgan fingerprint density at radius 3 is 2.61 bits per heavy atom. The molecule has 2 aromatic rings. The SMILES string of the molecule is CC(C)(C)OC(=O)N(CCCCCC(=O)Nc1ccn(C2CSC(CO)O2)c(=O)n1)Cc1cccc(C(F)(F)F)c1. The highest BCUT2D eigenvalue weighted by Crippen LogP contribution is 2.31. The zero-order valence-electron chi connectivity index (χ0n) is 23.1. The summed E-state index contributed by atoms with van der Waals surface area (Å²) in [6.07, 6.45) is -2.52. The summed E-state index contributed by atoms with van der Waals surface area (Å²) >= 11 is 1.39. The van der Waals surface area contributed by atoms with Crippen LogP contribution in [0.5, 0.6) is 0 Å². The van der Waals surface area contributed by atoms with Crippen LogP contribution < -0.4 is 11.0 Å². The highest BCUT2D eigenvalue weighted by Gasteiger charge is 2.31. The van der Waals surface area contributed by atoms with Crippen molar-refractivity contribution in [3.8, 4) is 0 Å². The van der Waals surface area contributed by atoms with Crippen LogP contribution in [0.1, 0.15) is 63.8 Å². The highest BCUT2D eigenvalue weighted by atomic mass is 32.2. The molecule has 2 N–H and O–H groups in total. The van der Waals surface area contributed by atoms with Gasteiger partial charge in [-0.15, -0.1) is 11.8 Å². The van der Waals surface area contributed by atoms with Gasteiger partial charge >= 0.3 is 18.0 Å². The molecule has 0 spiro atoms. The maximum atomic E-state index is 13.1. The number of aliphatic hydroxyl groups is 1. The van der Waals surface area contributed by atoms with Crippen molar-refractivity contribution in [2.45, 2.75) is 76.4 Å². The summed E-state index contributed by atoms with van der Waals surface area (Å²) in [6, 6.07) is 6.30. The Labute approximate surface area is 240 Å². The van der Waals surface area contributed by atoms with Gasteiger partial charge in [-0.1, -0.05) is 18.6 Å². The minimum absolute atomic E-state index is 0.0538. The molecule has 2 amide bonds. The molecular formula is C27H35F3N4O6S. The van der Waals surface area contributed by atoms with Crippen molar-refractivity contribution in [3.63, 3.8) is 0 Å². The van der Waals surface area contributed by atoms with E-state index in [9.17, 15) is 32.7 Å². The number of alkyl halides is 3. The molecule has 0 radical (unpaired) electrons. The number of aliphatic hydroxyl groups excluding tert-OH is 1. The molecule has 1 fully saturated rings. The number of amides is 2. The molecule has 0 bridgehead atoms. The molecule has 1 saturated heterocycles. The van der Waals surface area contributed by atoms with Crippen molar-refractivity contribution in [1.29, 1.82) is 0 Å². The molecule has 1 aromatic carbocycles. The van der Waals surface area contributed by atoms with E-state index in [1.54, 1.807) is 20.8 Å². The minimum Gasteiger partial charge on any atom is -0.444 e. The number of aromatic nitrogens is 2. The van der Waals surface area contributed by atoms with Crippen LogP contribution in [0.25, 0.3) is 0 Å². The van der Waals surface area contributed by atoms with Crippen molar-refractivity contribution in [3.05, 3.63) is 58.1 Å². The van der Waals surface area contributed by atoms with Crippen LogP contribution in [0.15, 0.2) is 41.3 Å². The van der Waals surface area contributed by atoms with E-state index >= 15 is 0 Å². The van der Waals surface area contributed by atoms with Crippen LogP contribution in [0.4, 0.5) is 23.8 Å². The van der Waals surface area contributed by atoms with Gasteiger partial charge in [0.2, 0.25) is 5.91 Å². The summed E-state index contributed by atoms with van der Waals surface area (Å²) in [7, 11) is 0. The molecule has 226 valence electrons. The number of benzene rings is 1. The minimum atomic E-state index is -4.49. The second-order valence-electron chi connectivity index (χ2n) is 10.5. The number of hydrogen-bond donors (Lipinski definition) is 2. The number of anilines is 1. The van der Waals surface area contributed by atoms with Crippen LogP contribution in [-0.2, 0) is 27.0 Å². The molecular weight excluding hydrogens is 565 g/mol. The van der Waals surface area contributed by atoms with Gasteiger partial charge in [0.15, 0.2) is 0 Å². The number of halogens is 3. The van der Waals surface area contributed by atoms with Gasteiger partial charge in [-0.2, -0.15) is 18.2 Å². The fraction of sp³-hybridized carbons (Fsp3) is 0.556. The number of carbonyl (C=O) groups is 2. The molecule has 2 unspecified atom stereocenters. The molecule has 0 aliphatic carbocycles. The zero-order valence-corrected chi connectivity index (χ0v) is 24.0.